The average Bonchev–Trinajstić information content (AvgIpc) is 3.15. The van der Waals surface area contributed by atoms with E-state index in [0.717, 1.165) is 0 Å². The monoisotopic (exact) mass is 1290 g/mol. The first-order valence-electron chi connectivity index (χ1n) is 19.1. The van der Waals surface area contributed by atoms with Gasteiger partial charge in [-0.25, -0.2) is 26.3 Å². The van der Waals surface area contributed by atoms with Gasteiger partial charge in [0.1, 0.15) is 13.1 Å². The molecule has 0 bridgehead atoms. The van der Waals surface area contributed by atoms with Gasteiger partial charge >= 0.3 is 71.6 Å². The van der Waals surface area contributed by atoms with Crippen molar-refractivity contribution in [2.45, 2.75) is 110 Å². The highest BCUT2D eigenvalue weighted by Gasteiger charge is 2.92. The van der Waals surface area contributed by atoms with Crippen LogP contribution in [0.25, 0.3) is 0 Å². The van der Waals surface area contributed by atoms with Gasteiger partial charge in [-0.1, -0.05) is 18.2 Å². The summed E-state index contributed by atoms with van der Waals surface area (Å²) in [5, 5.41) is 0. The molecule has 0 aliphatic heterocycles. The minimum absolute atomic E-state index is 0. The first-order valence-corrected chi connectivity index (χ1v) is 22.4. The summed E-state index contributed by atoms with van der Waals surface area (Å²) < 4.78 is 398. The Morgan fingerprint density at radius 1 is 0.417 bits per heavy atom. The fraction of sp³-hybridized carbons (Fsp3) is 0.824. The molecule has 0 unspecified atom stereocenters. The SMILES string of the molecule is C[N+](C)(CCCNS(=O)(=O)CCC(F)(F)C(F)(F)C(F)(F)C(F)(F)C(F)(F)C(F)(F)F)Cc1cccc(C[N+](C)(C)CCCNS(=O)(=O)CCC(F)(F)C(F)(F)C(F)(F)C(F)(F)C(F)(F)C(F)(F)F)c1.[Br-].[Br-]. The van der Waals surface area contributed by atoms with E-state index in [-0.39, 0.29) is 81.9 Å². The molecule has 0 atom stereocenters. The van der Waals surface area contributed by atoms with Crippen molar-refractivity contribution in [3.63, 3.8) is 0 Å². The molecule has 0 amide bonds. The highest BCUT2D eigenvalue weighted by atomic mass is 79.9. The molecule has 0 aromatic heterocycles. The molecule has 0 spiro atoms. The van der Waals surface area contributed by atoms with Crippen LogP contribution in [0, 0.1) is 0 Å². The summed E-state index contributed by atoms with van der Waals surface area (Å²) >= 11 is 0. The van der Waals surface area contributed by atoms with Gasteiger partial charge in [-0.2, -0.15) is 114 Å². The Labute approximate surface area is 414 Å². The second kappa shape index (κ2) is 23.0. The van der Waals surface area contributed by atoms with E-state index in [1.54, 1.807) is 61.9 Å². The highest BCUT2D eigenvalue weighted by molar-refractivity contribution is 7.89. The number of nitrogens with one attached hydrogen (secondary N) is 2. The molecule has 1 aromatic rings. The zero-order valence-electron chi connectivity index (χ0n) is 36.7. The predicted molar refractivity (Wildman–Crippen MR) is 191 cm³/mol. The van der Waals surface area contributed by atoms with Crippen LogP contribution in [0.5, 0.6) is 0 Å². The smallest absolute Gasteiger partial charge is 0.460 e. The molecule has 1 aromatic carbocycles. The molecule has 0 heterocycles. The zero-order valence-corrected chi connectivity index (χ0v) is 41.5. The molecule has 430 valence electrons. The number of benzene rings is 1. The van der Waals surface area contributed by atoms with Gasteiger partial charge in [0.15, 0.2) is 0 Å². The lowest BCUT2D eigenvalue weighted by Crippen LogP contribution is -3.00. The molecule has 8 nitrogen and oxygen atoms in total. The van der Waals surface area contributed by atoms with Gasteiger partial charge in [-0.3, -0.25) is 0 Å². The quantitative estimate of drug-likeness (QED) is 0.0762. The number of rotatable bonds is 28. The number of nitrogens with zero attached hydrogens (tertiary/aromatic N) is 2. The van der Waals surface area contributed by atoms with Crippen LogP contribution in [0.2, 0.25) is 0 Å². The fourth-order valence-electron chi connectivity index (χ4n) is 6.03. The standard InChI is InChI=1S/C34H42F26N4O4S2.2BrH/c1-63(2,14-6-12-61-69(65,66)16-10-23(35,36)25(39,40)27(43,44)29(47,48)31(51,52)33(55,56)57)19-21-8-5-9-22(18-21)20-64(3,4)15-7-13-62-70(67,68)17-11-24(37,38)26(41,42)28(45,46)30(49,50)32(53,54)34(58,59)60;;/h5,8-9,18,61-62H,6-7,10-17,19-20H2,1-4H3;2*1H/q+2;;/p-2. The topological polar surface area (TPSA) is 92.3 Å². The van der Waals surface area contributed by atoms with Crippen LogP contribution in [0.1, 0.15) is 36.8 Å². The molecule has 0 saturated carbocycles. The van der Waals surface area contributed by atoms with Crippen LogP contribution < -0.4 is 43.4 Å². The van der Waals surface area contributed by atoms with Crippen molar-refractivity contribution in [3.05, 3.63) is 35.4 Å². The van der Waals surface area contributed by atoms with E-state index in [9.17, 15) is 131 Å². The lowest BCUT2D eigenvalue weighted by molar-refractivity contribution is -0.904. The van der Waals surface area contributed by atoms with Gasteiger partial charge in [-0.05, 0) is 6.07 Å². The Morgan fingerprint density at radius 3 is 0.917 bits per heavy atom. The van der Waals surface area contributed by atoms with Crippen molar-refractivity contribution in [1.82, 2.24) is 9.44 Å². The molecule has 0 aliphatic carbocycles. The number of alkyl halides is 26. The van der Waals surface area contributed by atoms with Crippen LogP contribution in [0.4, 0.5) is 114 Å². The van der Waals surface area contributed by atoms with Crippen molar-refractivity contribution in [3.8, 4) is 0 Å². The summed E-state index contributed by atoms with van der Waals surface area (Å²) in [7, 11) is -4.03. The second-order valence-corrected chi connectivity index (χ2v) is 20.9. The summed E-state index contributed by atoms with van der Waals surface area (Å²) in [5.74, 6) is -81.4. The van der Waals surface area contributed by atoms with Crippen LogP contribution in [-0.2, 0) is 33.1 Å². The van der Waals surface area contributed by atoms with Crippen LogP contribution >= 0.6 is 0 Å². The molecule has 38 heteroatoms. The van der Waals surface area contributed by atoms with Crippen LogP contribution in [0.15, 0.2) is 24.3 Å². The lowest BCUT2D eigenvalue weighted by Gasteiger charge is -2.39. The normalized spacial score (nSPS) is 15.3. The third-order valence-corrected chi connectivity index (χ3v) is 12.9. The maximum absolute atomic E-state index is 14.1. The van der Waals surface area contributed by atoms with Crippen LogP contribution in [-0.4, -0.2) is 163 Å². The Kier molecular flexibility index (Phi) is 23.0. The van der Waals surface area contributed by atoms with Crippen molar-refractivity contribution < 1.29 is 174 Å². The first-order chi connectivity index (χ1) is 30.5. The number of sulfonamides is 2. The molecule has 0 aliphatic rings. The lowest BCUT2D eigenvalue weighted by atomic mass is 9.93. The van der Waals surface area contributed by atoms with Crippen molar-refractivity contribution >= 4 is 20.0 Å². The third-order valence-electron chi connectivity index (χ3n) is 10.1. The van der Waals surface area contributed by atoms with Crippen LogP contribution in [0.3, 0.4) is 0 Å². The van der Waals surface area contributed by atoms with Crippen molar-refractivity contribution in [1.29, 1.82) is 0 Å². The third kappa shape index (κ3) is 15.6. The average molecular weight is 1290 g/mol. The zero-order chi connectivity index (χ0) is 55.9. The Hall–Kier alpha value is -1.90. The Morgan fingerprint density at radius 2 is 0.667 bits per heavy atom. The molecule has 0 radical (unpaired) electrons. The largest absolute Gasteiger partial charge is 1.00 e. The van der Waals surface area contributed by atoms with Gasteiger partial charge in [0.05, 0.1) is 52.8 Å². The van der Waals surface area contributed by atoms with Crippen molar-refractivity contribution in [2.75, 3.05) is 65.9 Å². The fourth-order valence-corrected chi connectivity index (χ4v) is 8.28. The first kappa shape index (κ1) is 72.2. The molecule has 72 heavy (non-hydrogen) atoms. The van der Waals surface area contributed by atoms with Crippen molar-refractivity contribution in [2.24, 2.45) is 0 Å². The summed E-state index contributed by atoms with van der Waals surface area (Å²) in [4.78, 5) is 0. The van der Waals surface area contributed by atoms with Gasteiger partial charge in [-0.15, -0.1) is 0 Å². The molecule has 0 fully saturated rings. The maximum atomic E-state index is 14.1. The van der Waals surface area contributed by atoms with Gasteiger partial charge in [0.25, 0.3) is 0 Å². The highest BCUT2D eigenvalue weighted by Crippen LogP contribution is 2.62. The summed E-state index contributed by atoms with van der Waals surface area (Å²) in [6, 6.07) is 6.41. The molecule has 2 N–H and O–H groups in total. The molecular weight excluding hydrogens is 1250 g/mol. The van der Waals surface area contributed by atoms with E-state index in [1.165, 1.54) is 0 Å². The van der Waals surface area contributed by atoms with E-state index >= 15 is 0 Å². The maximum Gasteiger partial charge on any atom is 0.460 e. The Bertz CT molecular complexity index is 2010. The van der Waals surface area contributed by atoms with Gasteiger partial charge in [0, 0.05) is 49.9 Å². The number of halogens is 28. The minimum Gasteiger partial charge on any atom is -1.00 e. The molecule has 1 rings (SSSR count). The number of hydrogen-bond acceptors (Lipinski definition) is 4. The van der Waals surface area contributed by atoms with E-state index in [1.807, 2.05) is 0 Å². The van der Waals surface area contributed by atoms with E-state index in [0.29, 0.717) is 11.1 Å². The van der Waals surface area contributed by atoms with E-state index < -0.39 is 129 Å². The minimum atomic E-state index is -8.15. The Balaban J connectivity index is 0. The summed E-state index contributed by atoms with van der Waals surface area (Å²) in [6.45, 7) is -0.989. The van der Waals surface area contributed by atoms with Gasteiger partial charge in [0.2, 0.25) is 20.0 Å². The summed E-state index contributed by atoms with van der Waals surface area (Å²) in [6.07, 6.45) is -21.5. The molecule has 0 saturated heterocycles. The summed E-state index contributed by atoms with van der Waals surface area (Å²) in [5.41, 5.74) is 1.18. The number of hydrogen-bond donors (Lipinski definition) is 2. The predicted octanol–water partition coefficient (Wildman–Crippen LogP) is 3.72. The van der Waals surface area contributed by atoms with Gasteiger partial charge < -0.3 is 42.9 Å². The van der Waals surface area contributed by atoms with E-state index in [4.69, 9.17) is 0 Å². The number of quaternary nitrogens is 2. The van der Waals surface area contributed by atoms with E-state index in [2.05, 4.69) is 0 Å². The second-order valence-electron chi connectivity index (χ2n) is 17.1. The molecular formula is C34H42Br2F26N4O4S2.